The van der Waals surface area contributed by atoms with Gasteiger partial charge in [0.25, 0.3) is 5.91 Å². The Balaban J connectivity index is 1.59. The van der Waals surface area contributed by atoms with Gasteiger partial charge in [0, 0.05) is 11.4 Å². The molecule has 1 amide bonds. The maximum absolute atomic E-state index is 12.4. The third kappa shape index (κ3) is 3.32. The molecule has 3 rings (SSSR count). The smallest absolute Gasteiger partial charge is 0.272 e. The Morgan fingerprint density at radius 2 is 2.05 bits per heavy atom. The Bertz CT molecular complexity index is 641. The number of hydrogen-bond donors (Lipinski definition) is 2. The van der Waals surface area contributed by atoms with Gasteiger partial charge in [-0.2, -0.15) is 5.10 Å². The van der Waals surface area contributed by atoms with Gasteiger partial charge in [0.1, 0.15) is 0 Å². The van der Waals surface area contributed by atoms with Crippen molar-refractivity contribution in [2.45, 2.75) is 52.0 Å². The minimum atomic E-state index is -0.0749. The van der Waals surface area contributed by atoms with E-state index in [0.717, 1.165) is 29.2 Å². The second kappa shape index (κ2) is 6.51. The Hall–Kier alpha value is -1.84. The first-order chi connectivity index (χ1) is 10.6. The number of nitrogens with one attached hydrogen (secondary N) is 2. The zero-order valence-electron chi connectivity index (χ0n) is 13.4. The van der Waals surface area contributed by atoms with Crippen molar-refractivity contribution in [1.82, 2.24) is 15.5 Å². The van der Waals surface area contributed by atoms with E-state index >= 15 is 0 Å². The Kier molecular flexibility index (Phi) is 4.46. The summed E-state index contributed by atoms with van der Waals surface area (Å²) in [6.45, 7) is 4.44. The van der Waals surface area contributed by atoms with Crippen LogP contribution in [0.1, 0.15) is 56.4 Å². The minimum absolute atomic E-state index is 0.0749. The molecule has 0 aliphatic heterocycles. The maximum atomic E-state index is 12.4. The number of fused-ring (bicyclic) bond motifs is 1. The van der Waals surface area contributed by atoms with Crippen molar-refractivity contribution in [1.29, 1.82) is 0 Å². The SMILES string of the molecule is C[C@H](C[C@H]1CC[C@@H](C)CC1)NC(=O)c1n[nH]c2ccccc12. The first-order valence-electron chi connectivity index (χ1n) is 8.37. The van der Waals surface area contributed by atoms with E-state index in [1.54, 1.807) is 0 Å². The van der Waals surface area contributed by atoms with Crippen molar-refractivity contribution in [3.05, 3.63) is 30.0 Å². The van der Waals surface area contributed by atoms with Crippen LogP contribution < -0.4 is 5.32 Å². The summed E-state index contributed by atoms with van der Waals surface area (Å²) in [5, 5.41) is 11.1. The van der Waals surface area contributed by atoms with Crippen LogP contribution in [-0.2, 0) is 0 Å². The van der Waals surface area contributed by atoms with Gasteiger partial charge < -0.3 is 5.32 Å². The molecule has 118 valence electrons. The molecule has 1 fully saturated rings. The normalized spacial score (nSPS) is 23.4. The van der Waals surface area contributed by atoms with Gasteiger partial charge in [0.05, 0.1) is 5.52 Å². The first kappa shape index (κ1) is 15.1. The highest BCUT2D eigenvalue weighted by molar-refractivity contribution is 6.04. The topological polar surface area (TPSA) is 57.8 Å². The second-order valence-electron chi connectivity index (χ2n) is 6.85. The van der Waals surface area contributed by atoms with Crippen LogP contribution in [0.15, 0.2) is 24.3 Å². The van der Waals surface area contributed by atoms with E-state index in [2.05, 4.69) is 29.4 Å². The number of aromatic nitrogens is 2. The molecule has 2 N–H and O–H groups in total. The molecule has 0 spiro atoms. The van der Waals surface area contributed by atoms with Gasteiger partial charge >= 0.3 is 0 Å². The number of carbonyl (C=O) groups is 1. The lowest BCUT2D eigenvalue weighted by molar-refractivity contribution is 0.0928. The van der Waals surface area contributed by atoms with Gasteiger partial charge in [-0.15, -0.1) is 0 Å². The zero-order chi connectivity index (χ0) is 15.5. The summed E-state index contributed by atoms with van der Waals surface area (Å²) >= 11 is 0. The average molecular weight is 299 g/mol. The Morgan fingerprint density at radius 3 is 2.82 bits per heavy atom. The second-order valence-corrected chi connectivity index (χ2v) is 6.85. The number of benzene rings is 1. The molecule has 1 aliphatic rings. The summed E-state index contributed by atoms with van der Waals surface area (Å²) < 4.78 is 0. The number of aromatic amines is 1. The predicted molar refractivity (Wildman–Crippen MR) is 88.8 cm³/mol. The lowest BCUT2D eigenvalue weighted by Gasteiger charge is -2.28. The highest BCUT2D eigenvalue weighted by Gasteiger charge is 2.22. The molecule has 1 saturated carbocycles. The molecule has 4 heteroatoms. The third-order valence-electron chi connectivity index (χ3n) is 4.89. The van der Waals surface area contributed by atoms with Gasteiger partial charge in [-0.05, 0) is 31.2 Å². The lowest BCUT2D eigenvalue weighted by Crippen LogP contribution is -2.35. The van der Waals surface area contributed by atoms with Crippen molar-refractivity contribution in [3.63, 3.8) is 0 Å². The van der Waals surface area contributed by atoms with Crippen molar-refractivity contribution in [2.24, 2.45) is 11.8 Å². The highest BCUT2D eigenvalue weighted by atomic mass is 16.2. The van der Waals surface area contributed by atoms with Crippen LogP contribution in [0.4, 0.5) is 0 Å². The van der Waals surface area contributed by atoms with Gasteiger partial charge in [0.15, 0.2) is 5.69 Å². The predicted octanol–water partition coefficient (Wildman–Crippen LogP) is 3.90. The van der Waals surface area contributed by atoms with E-state index in [1.807, 2.05) is 24.3 Å². The summed E-state index contributed by atoms with van der Waals surface area (Å²) in [6, 6.07) is 7.93. The molecule has 2 aromatic rings. The monoisotopic (exact) mass is 299 g/mol. The molecule has 0 unspecified atom stereocenters. The summed E-state index contributed by atoms with van der Waals surface area (Å²) in [5.74, 6) is 1.55. The Labute approximate surface area is 131 Å². The van der Waals surface area contributed by atoms with Crippen molar-refractivity contribution >= 4 is 16.8 Å². The molecular formula is C18H25N3O. The van der Waals surface area contributed by atoms with Crippen LogP contribution in [-0.4, -0.2) is 22.1 Å². The fourth-order valence-corrected chi connectivity index (χ4v) is 3.55. The number of carbonyl (C=O) groups excluding carboxylic acids is 1. The molecular weight excluding hydrogens is 274 g/mol. The zero-order valence-corrected chi connectivity index (χ0v) is 13.4. The number of H-pyrrole nitrogens is 1. The van der Waals surface area contributed by atoms with Gasteiger partial charge in [-0.25, -0.2) is 0 Å². The first-order valence-corrected chi connectivity index (χ1v) is 8.37. The largest absolute Gasteiger partial charge is 0.348 e. The molecule has 1 heterocycles. The van der Waals surface area contributed by atoms with Gasteiger partial charge in [-0.3, -0.25) is 9.89 Å². The fraction of sp³-hybridized carbons (Fsp3) is 0.556. The molecule has 0 saturated heterocycles. The number of hydrogen-bond acceptors (Lipinski definition) is 2. The summed E-state index contributed by atoms with van der Waals surface area (Å²) in [5.41, 5.74) is 1.40. The van der Waals surface area contributed by atoms with Gasteiger partial charge in [0.2, 0.25) is 0 Å². The molecule has 0 radical (unpaired) electrons. The lowest BCUT2D eigenvalue weighted by atomic mass is 9.80. The molecule has 22 heavy (non-hydrogen) atoms. The minimum Gasteiger partial charge on any atom is -0.348 e. The van der Waals surface area contributed by atoms with Crippen molar-refractivity contribution in [3.8, 4) is 0 Å². The van der Waals surface area contributed by atoms with Crippen LogP contribution >= 0.6 is 0 Å². The number of amides is 1. The summed E-state index contributed by atoms with van der Waals surface area (Å²) in [4.78, 5) is 12.4. The van der Waals surface area contributed by atoms with E-state index in [4.69, 9.17) is 0 Å². The summed E-state index contributed by atoms with van der Waals surface area (Å²) in [7, 11) is 0. The molecule has 1 aromatic carbocycles. The van der Waals surface area contributed by atoms with E-state index in [0.29, 0.717) is 5.69 Å². The summed E-state index contributed by atoms with van der Waals surface area (Å²) in [6.07, 6.45) is 6.32. The number of para-hydroxylation sites is 1. The highest BCUT2D eigenvalue weighted by Crippen LogP contribution is 2.31. The van der Waals surface area contributed by atoms with E-state index in [-0.39, 0.29) is 11.9 Å². The quantitative estimate of drug-likeness (QED) is 0.899. The maximum Gasteiger partial charge on any atom is 0.272 e. The van der Waals surface area contributed by atoms with Crippen LogP contribution in [0.25, 0.3) is 10.9 Å². The molecule has 1 atom stereocenters. The van der Waals surface area contributed by atoms with Crippen molar-refractivity contribution in [2.75, 3.05) is 0 Å². The van der Waals surface area contributed by atoms with Crippen molar-refractivity contribution < 1.29 is 4.79 Å². The average Bonchev–Trinajstić information content (AvgIpc) is 2.93. The molecule has 1 aliphatic carbocycles. The third-order valence-corrected chi connectivity index (χ3v) is 4.89. The fourth-order valence-electron chi connectivity index (χ4n) is 3.55. The standard InChI is InChI=1S/C18H25N3O/c1-12-7-9-14(10-8-12)11-13(2)19-18(22)17-15-5-3-4-6-16(15)20-21-17/h3-6,12-14H,7-11H2,1-2H3,(H,19,22)(H,20,21)/t12-,13-,14+/m1/s1. The number of nitrogens with zero attached hydrogens (tertiary/aromatic N) is 1. The van der Waals surface area contributed by atoms with Crippen LogP contribution in [0.5, 0.6) is 0 Å². The van der Waals surface area contributed by atoms with E-state index < -0.39 is 0 Å². The van der Waals surface area contributed by atoms with Crippen LogP contribution in [0, 0.1) is 11.8 Å². The number of rotatable bonds is 4. The van der Waals surface area contributed by atoms with Crippen LogP contribution in [0.2, 0.25) is 0 Å². The van der Waals surface area contributed by atoms with E-state index in [1.165, 1.54) is 25.7 Å². The van der Waals surface area contributed by atoms with Gasteiger partial charge in [-0.1, -0.05) is 50.8 Å². The van der Waals surface area contributed by atoms with E-state index in [9.17, 15) is 4.79 Å². The van der Waals surface area contributed by atoms with Crippen LogP contribution in [0.3, 0.4) is 0 Å². The molecule has 1 aromatic heterocycles. The Morgan fingerprint density at radius 1 is 1.32 bits per heavy atom. The molecule has 0 bridgehead atoms. The molecule has 4 nitrogen and oxygen atoms in total.